The van der Waals surface area contributed by atoms with E-state index in [0.717, 1.165) is 5.82 Å². The number of Topliss-reactive ketones (excluding diaryl/α,β-unsaturated/α-hetero) is 1. The Hall–Kier alpha value is -2.91. The first-order chi connectivity index (χ1) is 15.7. The van der Waals surface area contributed by atoms with Crippen LogP contribution in [0.15, 0.2) is 12.3 Å². The van der Waals surface area contributed by atoms with E-state index in [2.05, 4.69) is 15.7 Å². The van der Waals surface area contributed by atoms with Gasteiger partial charge in [-0.3, -0.25) is 23.9 Å². The van der Waals surface area contributed by atoms with Gasteiger partial charge in [0.25, 0.3) is 0 Å². The SMILES string of the molecule is CCC(=O)N(CC(=O)[C@H](CC(C)C)N1CC[C@H](Nc2ccnn2C)C1=O)C[C@@H]1CCNC1=O. The van der Waals surface area contributed by atoms with E-state index in [-0.39, 0.29) is 54.9 Å². The van der Waals surface area contributed by atoms with E-state index in [0.29, 0.717) is 32.4 Å². The molecule has 10 heteroatoms. The van der Waals surface area contributed by atoms with E-state index in [1.165, 1.54) is 4.90 Å². The second-order valence-corrected chi connectivity index (χ2v) is 9.37. The summed E-state index contributed by atoms with van der Waals surface area (Å²) in [5, 5.41) is 10.1. The quantitative estimate of drug-likeness (QED) is 0.504. The minimum Gasteiger partial charge on any atom is -0.359 e. The number of likely N-dealkylation sites (tertiary alicyclic amines) is 1. The first kappa shape index (κ1) is 24.7. The normalized spacial score (nSPS) is 21.4. The molecule has 3 rings (SSSR count). The van der Waals surface area contributed by atoms with Crippen molar-refractivity contribution in [2.75, 3.05) is 31.5 Å². The fourth-order valence-corrected chi connectivity index (χ4v) is 4.58. The molecule has 0 unspecified atom stereocenters. The summed E-state index contributed by atoms with van der Waals surface area (Å²) in [6, 6.07) is 0.791. The van der Waals surface area contributed by atoms with Crippen molar-refractivity contribution in [3.05, 3.63) is 12.3 Å². The number of carbonyl (C=O) groups excluding carboxylic acids is 4. The molecule has 1 aromatic heterocycles. The summed E-state index contributed by atoms with van der Waals surface area (Å²) < 4.78 is 1.67. The van der Waals surface area contributed by atoms with Gasteiger partial charge in [-0.2, -0.15) is 5.10 Å². The van der Waals surface area contributed by atoms with Crippen molar-refractivity contribution in [1.29, 1.82) is 0 Å². The number of aromatic nitrogens is 2. The first-order valence-corrected chi connectivity index (χ1v) is 11.8. The Balaban J connectivity index is 1.71. The molecule has 3 amide bonds. The van der Waals surface area contributed by atoms with E-state index in [4.69, 9.17) is 0 Å². The Kier molecular flexibility index (Phi) is 8.10. The van der Waals surface area contributed by atoms with Gasteiger partial charge in [0, 0.05) is 39.2 Å². The molecule has 0 radical (unpaired) electrons. The van der Waals surface area contributed by atoms with Crippen molar-refractivity contribution in [3.8, 4) is 0 Å². The molecule has 2 saturated heterocycles. The molecule has 3 atom stereocenters. The van der Waals surface area contributed by atoms with Crippen LogP contribution in [0.3, 0.4) is 0 Å². The molecule has 0 spiro atoms. The fraction of sp³-hybridized carbons (Fsp3) is 0.696. The van der Waals surface area contributed by atoms with Crippen LogP contribution < -0.4 is 10.6 Å². The summed E-state index contributed by atoms with van der Waals surface area (Å²) in [6.45, 7) is 7.00. The molecular formula is C23H36N6O4. The molecule has 2 aliphatic rings. The number of rotatable bonds is 11. The third-order valence-electron chi connectivity index (χ3n) is 6.43. The molecule has 33 heavy (non-hydrogen) atoms. The van der Waals surface area contributed by atoms with Gasteiger partial charge in [0.15, 0.2) is 5.78 Å². The minimum absolute atomic E-state index is 0.0751. The first-order valence-electron chi connectivity index (χ1n) is 11.8. The van der Waals surface area contributed by atoms with Crippen LogP contribution in [-0.4, -0.2) is 81.3 Å². The number of ketones is 1. The van der Waals surface area contributed by atoms with Crippen LogP contribution in [0.1, 0.15) is 46.5 Å². The van der Waals surface area contributed by atoms with Crippen LogP contribution in [0, 0.1) is 11.8 Å². The zero-order chi connectivity index (χ0) is 24.1. The molecule has 0 bridgehead atoms. The largest absolute Gasteiger partial charge is 0.359 e. The van der Waals surface area contributed by atoms with Gasteiger partial charge in [-0.1, -0.05) is 20.8 Å². The third-order valence-corrected chi connectivity index (χ3v) is 6.43. The summed E-state index contributed by atoms with van der Waals surface area (Å²) in [5.74, 6) is 0.155. The molecular weight excluding hydrogens is 424 g/mol. The van der Waals surface area contributed by atoms with Gasteiger partial charge in [-0.15, -0.1) is 0 Å². The topological polar surface area (TPSA) is 117 Å². The highest BCUT2D eigenvalue weighted by atomic mass is 16.2. The summed E-state index contributed by atoms with van der Waals surface area (Å²) in [6.07, 6.45) is 3.69. The zero-order valence-electron chi connectivity index (χ0n) is 20.0. The lowest BCUT2D eigenvalue weighted by Crippen LogP contribution is -2.50. The van der Waals surface area contributed by atoms with Crippen LogP contribution in [0.4, 0.5) is 5.82 Å². The van der Waals surface area contributed by atoms with E-state index >= 15 is 0 Å². The average Bonchev–Trinajstić information content (AvgIpc) is 3.47. The van der Waals surface area contributed by atoms with Gasteiger partial charge >= 0.3 is 0 Å². The molecule has 2 N–H and O–H groups in total. The number of anilines is 1. The zero-order valence-corrected chi connectivity index (χ0v) is 20.0. The number of aryl methyl sites for hydroxylation is 1. The average molecular weight is 461 g/mol. The highest BCUT2D eigenvalue weighted by Crippen LogP contribution is 2.23. The maximum absolute atomic E-state index is 13.5. The lowest BCUT2D eigenvalue weighted by atomic mass is 9.98. The standard InChI is InChI=1S/C23H36N6O4/c1-5-21(31)28(13-16-6-9-24-22(16)32)14-19(30)18(12-15(2)3)29-11-8-17(23(29)33)26-20-7-10-25-27(20)4/h7,10,15-18,26H,5-6,8-9,11-14H2,1-4H3,(H,24,32)/t16-,17-,18-/m0/s1. The van der Waals surface area contributed by atoms with Crippen molar-refractivity contribution < 1.29 is 19.2 Å². The van der Waals surface area contributed by atoms with Crippen LogP contribution in [0.5, 0.6) is 0 Å². The lowest BCUT2D eigenvalue weighted by Gasteiger charge is -2.31. The van der Waals surface area contributed by atoms with E-state index in [1.54, 1.807) is 35.8 Å². The summed E-state index contributed by atoms with van der Waals surface area (Å²) in [4.78, 5) is 54.4. The number of amides is 3. The molecule has 0 saturated carbocycles. The molecule has 2 aliphatic heterocycles. The highest BCUT2D eigenvalue weighted by Gasteiger charge is 2.40. The highest BCUT2D eigenvalue weighted by molar-refractivity contribution is 5.95. The maximum Gasteiger partial charge on any atom is 0.245 e. The van der Waals surface area contributed by atoms with Crippen LogP contribution in [0.25, 0.3) is 0 Å². The summed E-state index contributed by atoms with van der Waals surface area (Å²) in [7, 11) is 1.80. The smallest absolute Gasteiger partial charge is 0.245 e. The Bertz CT molecular complexity index is 882. The second kappa shape index (κ2) is 10.8. The summed E-state index contributed by atoms with van der Waals surface area (Å²) >= 11 is 0. The van der Waals surface area contributed by atoms with Gasteiger partial charge in [0.2, 0.25) is 17.7 Å². The van der Waals surface area contributed by atoms with Gasteiger partial charge in [-0.25, -0.2) is 0 Å². The monoisotopic (exact) mass is 460 g/mol. The Labute approximate surface area is 195 Å². The maximum atomic E-state index is 13.5. The van der Waals surface area contributed by atoms with Crippen molar-refractivity contribution in [3.63, 3.8) is 0 Å². The molecule has 0 aliphatic carbocycles. The third kappa shape index (κ3) is 5.91. The number of hydrogen-bond acceptors (Lipinski definition) is 6. The Morgan fingerprint density at radius 1 is 1.30 bits per heavy atom. The van der Waals surface area contributed by atoms with Gasteiger partial charge in [0.1, 0.15) is 11.9 Å². The molecule has 182 valence electrons. The predicted octanol–water partition coefficient (Wildman–Crippen LogP) is 0.791. The van der Waals surface area contributed by atoms with E-state index in [9.17, 15) is 19.2 Å². The lowest BCUT2D eigenvalue weighted by molar-refractivity contribution is -0.141. The predicted molar refractivity (Wildman–Crippen MR) is 123 cm³/mol. The van der Waals surface area contributed by atoms with Crippen LogP contribution in [-0.2, 0) is 26.2 Å². The summed E-state index contributed by atoms with van der Waals surface area (Å²) in [5.41, 5.74) is 0. The van der Waals surface area contributed by atoms with Crippen molar-refractivity contribution in [2.45, 2.75) is 58.5 Å². The van der Waals surface area contributed by atoms with Crippen molar-refractivity contribution >= 4 is 29.3 Å². The second-order valence-electron chi connectivity index (χ2n) is 9.37. The van der Waals surface area contributed by atoms with Crippen molar-refractivity contribution in [1.82, 2.24) is 24.9 Å². The van der Waals surface area contributed by atoms with Gasteiger partial charge < -0.3 is 20.4 Å². The van der Waals surface area contributed by atoms with Gasteiger partial charge in [-0.05, 0) is 25.2 Å². The van der Waals surface area contributed by atoms with Gasteiger partial charge in [0.05, 0.1) is 24.7 Å². The molecule has 0 aromatic carbocycles. The number of nitrogens with zero attached hydrogens (tertiary/aromatic N) is 4. The van der Waals surface area contributed by atoms with Crippen LogP contribution in [0.2, 0.25) is 0 Å². The Morgan fingerprint density at radius 2 is 2.06 bits per heavy atom. The van der Waals surface area contributed by atoms with E-state index < -0.39 is 12.1 Å². The number of carbonyl (C=O) groups is 4. The molecule has 1 aromatic rings. The molecule has 2 fully saturated rings. The van der Waals surface area contributed by atoms with E-state index in [1.807, 2.05) is 13.8 Å². The number of nitrogens with one attached hydrogen (secondary N) is 2. The van der Waals surface area contributed by atoms with Crippen LogP contribution >= 0.6 is 0 Å². The molecule has 10 nitrogen and oxygen atoms in total. The minimum atomic E-state index is -0.597. The number of hydrogen-bond donors (Lipinski definition) is 2. The molecule has 3 heterocycles. The Morgan fingerprint density at radius 3 is 2.64 bits per heavy atom. The fourth-order valence-electron chi connectivity index (χ4n) is 4.58. The van der Waals surface area contributed by atoms with Crippen molar-refractivity contribution in [2.24, 2.45) is 18.9 Å².